The third-order valence-electron chi connectivity index (χ3n) is 3.02. The number of amides is 1. The topological polar surface area (TPSA) is 92.5 Å². The van der Waals surface area contributed by atoms with Gasteiger partial charge in [0.15, 0.2) is 11.0 Å². The number of nitrogens with two attached hydrogens (primary N) is 1. The number of nitrogens with zero attached hydrogens (tertiary/aromatic N) is 1. The number of thiophene rings is 1. The van der Waals surface area contributed by atoms with Crippen molar-refractivity contribution in [3.8, 4) is 10.8 Å². The fourth-order valence-corrected chi connectivity index (χ4v) is 2.54. The molecule has 3 rings (SSSR count). The fraction of sp³-hybridized carbons (Fsp3) is 0.0667. The summed E-state index contributed by atoms with van der Waals surface area (Å²) in [7, 11) is 1.60. The van der Waals surface area contributed by atoms with Crippen LogP contribution >= 0.6 is 11.3 Å². The molecule has 6 nitrogen and oxygen atoms in total. The fourth-order valence-electron chi connectivity index (χ4n) is 1.95. The van der Waals surface area contributed by atoms with Crippen molar-refractivity contribution in [2.75, 3.05) is 7.05 Å². The van der Waals surface area contributed by atoms with Crippen molar-refractivity contribution in [1.29, 1.82) is 0 Å². The monoisotopic (exact) mass is 314 g/mol. The van der Waals surface area contributed by atoms with Gasteiger partial charge in [0.1, 0.15) is 11.4 Å². The van der Waals surface area contributed by atoms with E-state index in [1.807, 2.05) is 35.7 Å². The lowest BCUT2D eigenvalue weighted by Gasteiger charge is -2.02. The van der Waals surface area contributed by atoms with Gasteiger partial charge in [0, 0.05) is 24.0 Å². The van der Waals surface area contributed by atoms with E-state index in [-0.39, 0.29) is 5.96 Å². The number of guanidine groups is 1. The molecule has 3 aromatic rings. The second-order valence-electron chi connectivity index (χ2n) is 4.52. The first-order chi connectivity index (χ1) is 10.7. The molecule has 0 spiro atoms. The quantitative estimate of drug-likeness (QED) is 0.512. The molecule has 2 aromatic heterocycles. The highest BCUT2D eigenvalue weighted by atomic mass is 32.1. The van der Waals surface area contributed by atoms with E-state index in [9.17, 15) is 4.79 Å². The largest absolute Gasteiger partial charge is 0.447 e. The molecule has 0 bridgehead atoms. The minimum absolute atomic E-state index is 0.0744. The summed E-state index contributed by atoms with van der Waals surface area (Å²) < 4.78 is 5.73. The molecule has 1 aromatic carbocycles. The number of carbonyl (C=O) groups is 1. The molecule has 4 N–H and O–H groups in total. The zero-order valence-corrected chi connectivity index (χ0v) is 12.6. The zero-order valence-electron chi connectivity index (χ0n) is 11.8. The highest BCUT2D eigenvalue weighted by Gasteiger charge is 2.10. The smallest absolute Gasteiger partial charge is 0.296 e. The van der Waals surface area contributed by atoms with Crippen LogP contribution in [0.25, 0.3) is 10.9 Å². The first-order valence-corrected chi connectivity index (χ1v) is 7.44. The number of benzene rings is 1. The van der Waals surface area contributed by atoms with Crippen LogP contribution in [0, 0.1) is 0 Å². The van der Waals surface area contributed by atoms with Crippen LogP contribution in [-0.4, -0.2) is 23.9 Å². The van der Waals surface area contributed by atoms with E-state index in [1.54, 1.807) is 13.1 Å². The van der Waals surface area contributed by atoms with Gasteiger partial charge < -0.3 is 20.8 Å². The number of hydrogen-bond donors (Lipinski definition) is 3. The maximum Gasteiger partial charge on any atom is 0.296 e. The number of ether oxygens (including phenoxy) is 1. The maximum absolute atomic E-state index is 12.0. The van der Waals surface area contributed by atoms with Crippen molar-refractivity contribution >= 4 is 34.1 Å². The molecule has 1 amide bonds. The van der Waals surface area contributed by atoms with Crippen LogP contribution < -0.4 is 15.8 Å². The molecule has 0 aliphatic carbocycles. The van der Waals surface area contributed by atoms with Crippen LogP contribution in [0.5, 0.6) is 10.8 Å². The number of aliphatic imine (C=N–C) groups is 1. The van der Waals surface area contributed by atoms with Gasteiger partial charge in [0.05, 0.1) is 0 Å². The van der Waals surface area contributed by atoms with Gasteiger partial charge in [-0.2, -0.15) is 4.99 Å². The van der Waals surface area contributed by atoms with Crippen molar-refractivity contribution in [1.82, 2.24) is 10.3 Å². The summed E-state index contributed by atoms with van der Waals surface area (Å²) in [5, 5.41) is 6.27. The Bertz CT molecular complexity index is 836. The standard InChI is InChI=1S/C15H14N4O2S/c1-17-15(16)19-14(20)12-7-9-4-5-10(8-11(9)18-12)21-13-3-2-6-22-13/h2-8,18H,1H3,(H3,16,17,19,20). The number of rotatable bonds is 3. The molecule has 0 fully saturated rings. The highest BCUT2D eigenvalue weighted by Crippen LogP contribution is 2.28. The summed E-state index contributed by atoms with van der Waals surface area (Å²) in [5.41, 5.74) is 6.67. The van der Waals surface area contributed by atoms with Crippen molar-refractivity contribution in [2.24, 2.45) is 10.7 Å². The molecule has 0 saturated carbocycles. The van der Waals surface area contributed by atoms with Crippen molar-refractivity contribution < 1.29 is 9.53 Å². The molecule has 0 aliphatic heterocycles. The lowest BCUT2D eigenvalue weighted by Crippen LogP contribution is -2.28. The van der Waals surface area contributed by atoms with E-state index in [2.05, 4.69) is 15.3 Å². The lowest BCUT2D eigenvalue weighted by atomic mass is 10.2. The Morgan fingerprint density at radius 2 is 2.23 bits per heavy atom. The minimum atomic E-state index is -0.427. The summed E-state index contributed by atoms with van der Waals surface area (Å²) in [6, 6.07) is 11.1. The summed E-state index contributed by atoms with van der Waals surface area (Å²) in [4.78, 5) is 18.7. The van der Waals surface area contributed by atoms with Crippen LogP contribution in [0.2, 0.25) is 0 Å². The molecular weight excluding hydrogens is 300 g/mol. The molecule has 112 valence electrons. The number of carbonyl (C=O) groups excluding carboxylic acids is 1. The number of aromatic nitrogens is 1. The average molecular weight is 314 g/mol. The molecule has 0 saturated heterocycles. The number of aromatic amines is 1. The van der Waals surface area contributed by atoms with Crippen molar-refractivity contribution in [3.05, 3.63) is 47.5 Å². The molecule has 0 atom stereocenters. The van der Waals surface area contributed by atoms with Crippen LogP contribution in [0.1, 0.15) is 10.5 Å². The number of H-pyrrole nitrogens is 1. The number of hydrogen-bond acceptors (Lipinski definition) is 3. The van der Waals surface area contributed by atoms with Gasteiger partial charge in [-0.1, -0.05) is 0 Å². The summed E-state index contributed by atoms with van der Waals surface area (Å²) >= 11 is 1.52. The molecule has 2 heterocycles. The second kappa shape index (κ2) is 5.90. The second-order valence-corrected chi connectivity index (χ2v) is 5.43. The zero-order chi connectivity index (χ0) is 15.5. The Morgan fingerprint density at radius 1 is 1.36 bits per heavy atom. The Balaban J connectivity index is 1.88. The first-order valence-electron chi connectivity index (χ1n) is 6.56. The Morgan fingerprint density at radius 3 is 2.95 bits per heavy atom. The van der Waals surface area contributed by atoms with E-state index >= 15 is 0 Å². The van der Waals surface area contributed by atoms with Crippen LogP contribution in [0.4, 0.5) is 0 Å². The van der Waals surface area contributed by atoms with E-state index in [0.29, 0.717) is 11.4 Å². The molecule has 7 heteroatoms. The van der Waals surface area contributed by atoms with E-state index < -0.39 is 5.91 Å². The number of nitrogens with one attached hydrogen (secondary N) is 2. The molecule has 0 unspecified atom stereocenters. The molecule has 22 heavy (non-hydrogen) atoms. The van der Waals surface area contributed by atoms with E-state index in [0.717, 1.165) is 16.0 Å². The van der Waals surface area contributed by atoms with E-state index in [1.165, 1.54) is 11.3 Å². The summed E-state index contributed by atoms with van der Waals surface area (Å²) in [6.07, 6.45) is 0. The minimum Gasteiger partial charge on any atom is -0.447 e. The highest BCUT2D eigenvalue weighted by molar-refractivity contribution is 7.11. The van der Waals surface area contributed by atoms with Gasteiger partial charge in [-0.3, -0.25) is 4.79 Å². The summed E-state index contributed by atoms with van der Waals surface area (Å²) in [5.74, 6) is 0.350. The first kappa shape index (κ1) is 14.2. The van der Waals surface area contributed by atoms with Gasteiger partial charge >= 0.3 is 0 Å². The number of fused-ring (bicyclic) bond motifs is 1. The average Bonchev–Trinajstić information content (AvgIpc) is 3.15. The van der Waals surface area contributed by atoms with Crippen LogP contribution in [0.3, 0.4) is 0 Å². The van der Waals surface area contributed by atoms with Gasteiger partial charge in [0.2, 0.25) is 0 Å². The Kier molecular flexibility index (Phi) is 3.80. The molecule has 0 aliphatic rings. The maximum atomic E-state index is 12.0. The van der Waals surface area contributed by atoms with Gasteiger partial charge in [-0.05, 0) is 35.7 Å². The predicted molar refractivity (Wildman–Crippen MR) is 87.7 cm³/mol. The van der Waals surface area contributed by atoms with Crippen molar-refractivity contribution in [3.63, 3.8) is 0 Å². The van der Waals surface area contributed by atoms with Gasteiger partial charge in [0.25, 0.3) is 5.91 Å². The Hall–Kier alpha value is -2.80. The van der Waals surface area contributed by atoms with Gasteiger partial charge in [-0.15, -0.1) is 11.3 Å². The third-order valence-corrected chi connectivity index (χ3v) is 3.76. The SMILES string of the molecule is CNC(N)=NC(=O)c1cc2ccc(Oc3cccs3)cc2[nH]1. The summed E-state index contributed by atoms with van der Waals surface area (Å²) in [6.45, 7) is 0. The van der Waals surface area contributed by atoms with Crippen LogP contribution in [0.15, 0.2) is 46.8 Å². The normalized spacial score (nSPS) is 11.6. The van der Waals surface area contributed by atoms with Crippen LogP contribution in [-0.2, 0) is 0 Å². The lowest BCUT2D eigenvalue weighted by molar-refractivity contribution is 0.0998. The Labute approximate surface area is 130 Å². The molecule has 0 radical (unpaired) electrons. The predicted octanol–water partition coefficient (Wildman–Crippen LogP) is 2.70. The molecular formula is C15H14N4O2S. The third kappa shape index (κ3) is 2.94. The van der Waals surface area contributed by atoms with Gasteiger partial charge in [-0.25, -0.2) is 0 Å². The van der Waals surface area contributed by atoms with Crippen molar-refractivity contribution in [2.45, 2.75) is 0 Å². The van der Waals surface area contributed by atoms with E-state index in [4.69, 9.17) is 10.5 Å².